The summed E-state index contributed by atoms with van der Waals surface area (Å²) in [5, 5.41) is 7.45. The lowest BCUT2D eigenvalue weighted by Crippen LogP contribution is -2.37. The summed E-state index contributed by atoms with van der Waals surface area (Å²) in [5.41, 5.74) is 0.0375. The van der Waals surface area contributed by atoms with E-state index in [2.05, 4.69) is 5.10 Å². The van der Waals surface area contributed by atoms with Gasteiger partial charge in [-0.1, -0.05) is 27.7 Å². The fourth-order valence-electron chi connectivity index (χ4n) is 0.946. The Balaban J connectivity index is 3.17. The molecule has 7 nitrogen and oxygen atoms in total. The lowest BCUT2D eigenvalue weighted by molar-refractivity contribution is 0.0864. The number of benzene rings is 1. The van der Waals surface area contributed by atoms with Crippen molar-refractivity contribution in [3.8, 4) is 0 Å². The van der Waals surface area contributed by atoms with Gasteiger partial charge in [0, 0.05) is 5.56 Å². The molecular formula is C8H7N3O4S. The summed E-state index contributed by atoms with van der Waals surface area (Å²) in [6.07, 6.45) is 0.946. The van der Waals surface area contributed by atoms with Gasteiger partial charge in [0.2, 0.25) is 0 Å². The number of hydrazone groups is 1. The minimum absolute atomic E-state index is 0.0375. The van der Waals surface area contributed by atoms with Crippen LogP contribution in [-0.4, -0.2) is 24.8 Å². The Labute approximate surface area is 91.3 Å². The highest BCUT2D eigenvalue weighted by molar-refractivity contribution is 7.87. The van der Waals surface area contributed by atoms with E-state index in [-0.39, 0.29) is 9.98 Å². The molecule has 1 amide bonds. The normalized spacial score (nSPS) is 10.3. The molecule has 0 fully saturated rings. The number of hydrogen-bond donors (Lipinski definition) is 1. The second-order valence-electron chi connectivity index (χ2n) is 2.65. The van der Waals surface area contributed by atoms with Crippen LogP contribution >= 0.6 is 0 Å². The predicted molar refractivity (Wildman–Crippen MR) is 53.8 cm³/mol. The Kier molecular flexibility index (Phi) is 3.51. The summed E-state index contributed by atoms with van der Waals surface area (Å²) < 4.78 is 21.8. The van der Waals surface area contributed by atoms with Crippen molar-refractivity contribution in [2.75, 3.05) is 0 Å². The van der Waals surface area contributed by atoms with E-state index in [1.54, 1.807) is 6.07 Å². The van der Waals surface area contributed by atoms with Gasteiger partial charge in [-0.15, -0.1) is 0 Å². The zero-order valence-corrected chi connectivity index (χ0v) is 8.72. The van der Waals surface area contributed by atoms with E-state index in [4.69, 9.17) is 5.14 Å². The Morgan fingerprint density at radius 2 is 1.88 bits per heavy atom. The number of rotatable bonds is 3. The molecule has 0 aromatic heterocycles. The van der Waals surface area contributed by atoms with E-state index in [0.29, 0.717) is 0 Å². The predicted octanol–water partition coefficient (Wildman–Crippen LogP) is -0.417. The van der Waals surface area contributed by atoms with Crippen LogP contribution in [0.25, 0.3) is 0 Å². The van der Waals surface area contributed by atoms with Gasteiger partial charge in [0.25, 0.3) is 12.0 Å². The van der Waals surface area contributed by atoms with E-state index < -0.39 is 16.1 Å². The molecular weight excluding hydrogens is 234 g/mol. The van der Waals surface area contributed by atoms with E-state index in [1.165, 1.54) is 24.3 Å². The van der Waals surface area contributed by atoms with Crippen LogP contribution in [0.5, 0.6) is 0 Å². The topological polar surface area (TPSA) is 110 Å². The molecule has 0 atom stereocenters. The Morgan fingerprint density at radius 3 is 2.31 bits per heavy atom. The van der Waals surface area contributed by atoms with Crippen LogP contribution < -0.4 is 5.14 Å². The van der Waals surface area contributed by atoms with Gasteiger partial charge in [-0.25, -0.2) is 9.93 Å². The van der Waals surface area contributed by atoms with E-state index >= 15 is 0 Å². The van der Waals surface area contributed by atoms with Crippen molar-refractivity contribution >= 4 is 22.2 Å². The first-order valence-corrected chi connectivity index (χ1v) is 5.47. The molecule has 0 aliphatic carbocycles. The highest BCUT2D eigenvalue weighted by Gasteiger charge is 2.25. The highest BCUT2D eigenvalue weighted by atomic mass is 32.2. The van der Waals surface area contributed by atoms with Gasteiger partial charge >= 0.3 is 10.2 Å². The van der Waals surface area contributed by atoms with Crippen molar-refractivity contribution in [1.82, 2.24) is 4.41 Å². The van der Waals surface area contributed by atoms with Crippen molar-refractivity contribution in [1.29, 1.82) is 0 Å². The number of hydrogen-bond acceptors (Lipinski definition) is 5. The van der Waals surface area contributed by atoms with Crippen LogP contribution in [0, 0.1) is 0 Å². The molecule has 0 radical (unpaired) electrons. The van der Waals surface area contributed by atoms with Gasteiger partial charge in [-0.2, -0.15) is 8.42 Å². The monoisotopic (exact) mass is 241 g/mol. The minimum Gasteiger partial charge on any atom is -0.266 e. The summed E-state index contributed by atoms with van der Waals surface area (Å²) >= 11 is 0. The van der Waals surface area contributed by atoms with Gasteiger partial charge in [0.15, 0.2) is 0 Å². The molecule has 1 aromatic carbocycles. The molecule has 0 unspecified atom stereocenters. The van der Waals surface area contributed by atoms with Crippen LogP contribution in [0.1, 0.15) is 10.4 Å². The zero-order chi connectivity index (χ0) is 12.2. The minimum atomic E-state index is -4.42. The third-order valence-electron chi connectivity index (χ3n) is 1.57. The van der Waals surface area contributed by atoms with Crippen LogP contribution in [0.2, 0.25) is 0 Å². The molecule has 1 aromatic rings. The maximum Gasteiger partial charge on any atom is 0.321 e. The summed E-state index contributed by atoms with van der Waals surface area (Å²) in [7, 11) is -4.42. The summed E-state index contributed by atoms with van der Waals surface area (Å²) in [6.45, 7) is 0. The second kappa shape index (κ2) is 4.67. The van der Waals surface area contributed by atoms with Crippen LogP contribution in [-0.2, 0) is 15.0 Å². The van der Waals surface area contributed by atoms with Crippen molar-refractivity contribution in [2.45, 2.75) is 0 Å². The van der Waals surface area contributed by atoms with Crippen molar-refractivity contribution in [2.24, 2.45) is 10.2 Å². The molecule has 0 heterocycles. The Bertz CT molecular complexity index is 534. The van der Waals surface area contributed by atoms with Crippen molar-refractivity contribution in [3.05, 3.63) is 35.9 Å². The number of amides is 1. The second-order valence-corrected chi connectivity index (χ2v) is 4.03. The average Bonchev–Trinajstić information content (AvgIpc) is 2.25. The Morgan fingerprint density at radius 1 is 1.31 bits per heavy atom. The Hall–Kier alpha value is -2.02. The number of carbonyl (C=O) groups is 1. The zero-order valence-electron chi connectivity index (χ0n) is 7.90. The van der Waals surface area contributed by atoms with E-state index in [9.17, 15) is 18.0 Å². The summed E-state index contributed by atoms with van der Waals surface area (Å²) in [4.78, 5) is 21.6. The van der Waals surface area contributed by atoms with Gasteiger partial charge in [-0.3, -0.25) is 4.79 Å². The molecule has 0 spiro atoms. The van der Waals surface area contributed by atoms with Gasteiger partial charge < -0.3 is 0 Å². The number of carbonyl (C=O) groups excluding carboxylic acids is 2. The molecule has 16 heavy (non-hydrogen) atoms. The lowest BCUT2D eigenvalue weighted by atomic mass is 10.2. The molecule has 2 N–H and O–H groups in total. The molecule has 0 aliphatic rings. The maximum absolute atomic E-state index is 11.6. The highest BCUT2D eigenvalue weighted by Crippen LogP contribution is 2.06. The fraction of sp³-hybridized carbons (Fsp3) is 0. The van der Waals surface area contributed by atoms with Crippen LogP contribution in [0.15, 0.2) is 35.4 Å². The first kappa shape index (κ1) is 12.1. The van der Waals surface area contributed by atoms with Crippen LogP contribution in [0.3, 0.4) is 0 Å². The molecule has 0 aliphatic heterocycles. The standard InChI is InChI=1S/C8H7N3O4S/c9-16(14,15)11(10-6-12)8(13)7-4-2-1-3-5-7/h1-5H,(H2,9,14,15). The van der Waals surface area contributed by atoms with Crippen LogP contribution in [0.4, 0.5) is 0 Å². The number of nitrogens with two attached hydrogens (primary N) is 1. The first-order chi connectivity index (χ1) is 7.46. The number of nitrogens with zero attached hydrogens (tertiary/aromatic N) is 2. The van der Waals surface area contributed by atoms with Gasteiger partial charge in [-0.05, 0) is 12.1 Å². The first-order valence-electron chi connectivity index (χ1n) is 3.97. The fourth-order valence-corrected chi connectivity index (χ4v) is 1.43. The molecule has 1 rings (SSSR count). The summed E-state index contributed by atoms with van der Waals surface area (Å²) in [6, 6.07) is 7.42. The van der Waals surface area contributed by atoms with E-state index in [1.807, 2.05) is 0 Å². The largest absolute Gasteiger partial charge is 0.321 e. The molecule has 0 saturated carbocycles. The quantitative estimate of drug-likeness (QED) is 0.440. The average molecular weight is 241 g/mol. The molecule has 8 heteroatoms. The maximum atomic E-state index is 11.6. The summed E-state index contributed by atoms with van der Waals surface area (Å²) in [5.74, 6) is -1.02. The van der Waals surface area contributed by atoms with E-state index in [0.717, 1.165) is 6.08 Å². The van der Waals surface area contributed by atoms with Crippen molar-refractivity contribution in [3.63, 3.8) is 0 Å². The molecule has 0 bridgehead atoms. The van der Waals surface area contributed by atoms with Crippen molar-refractivity contribution < 1.29 is 18.0 Å². The molecule has 84 valence electrons. The lowest BCUT2D eigenvalue weighted by Gasteiger charge is -2.11. The van der Waals surface area contributed by atoms with Gasteiger partial charge in [0.05, 0.1) is 0 Å². The number of isocyanates is 1. The third-order valence-corrected chi connectivity index (χ3v) is 2.30. The smallest absolute Gasteiger partial charge is 0.266 e. The molecule has 0 saturated heterocycles. The SMILES string of the molecule is NS(=O)(=O)N(N=C=O)C(=O)c1ccccc1. The third kappa shape index (κ3) is 2.74. The van der Waals surface area contributed by atoms with Gasteiger partial charge in [0.1, 0.15) is 0 Å².